The van der Waals surface area contributed by atoms with Crippen LogP contribution in [0.2, 0.25) is 0 Å². The van der Waals surface area contributed by atoms with Crippen LogP contribution in [0, 0.1) is 0 Å². The van der Waals surface area contributed by atoms with Gasteiger partial charge in [0.1, 0.15) is 6.10 Å². The van der Waals surface area contributed by atoms with E-state index in [1.165, 1.54) is 12.5 Å². The third-order valence-electron chi connectivity index (χ3n) is 2.09. The lowest BCUT2D eigenvalue weighted by Crippen LogP contribution is -2.41. The Balaban J connectivity index is 3.96. The fourth-order valence-electron chi connectivity index (χ4n) is 1.02. The van der Waals surface area contributed by atoms with Crippen molar-refractivity contribution in [1.82, 2.24) is 0 Å². The summed E-state index contributed by atoms with van der Waals surface area (Å²) in [5.74, 6) is 0. The number of hydrogen-bond acceptors (Lipinski definition) is 3. The molecule has 0 saturated carbocycles. The molecule has 0 radical (unpaired) electrons. The summed E-state index contributed by atoms with van der Waals surface area (Å²) in [6, 6.07) is 0. The second kappa shape index (κ2) is 5.37. The molecule has 0 spiro atoms. The van der Waals surface area contributed by atoms with Crippen LogP contribution in [0.4, 0.5) is 0 Å². The van der Waals surface area contributed by atoms with Crippen LogP contribution in [-0.2, 0) is 0 Å². The summed E-state index contributed by atoms with van der Waals surface area (Å²) in [5.41, 5.74) is -0.00459. The zero-order chi connectivity index (χ0) is 10.5. The topological polar surface area (TPSA) is 60.7 Å². The van der Waals surface area contributed by atoms with Crippen LogP contribution < -0.4 is 0 Å². The second-order valence-corrected chi connectivity index (χ2v) is 3.88. The molecule has 2 atom stereocenters. The van der Waals surface area contributed by atoms with E-state index in [0.29, 0.717) is 12.8 Å². The van der Waals surface area contributed by atoms with Crippen LogP contribution in [-0.4, -0.2) is 33.6 Å². The highest BCUT2D eigenvalue weighted by Crippen LogP contribution is 2.17. The predicted molar refractivity (Wildman–Crippen MR) is 52.4 cm³/mol. The number of allylic oxidation sites excluding steroid dienone is 2. The van der Waals surface area contributed by atoms with Gasteiger partial charge in [0.2, 0.25) is 0 Å². The average Bonchev–Trinajstić information content (AvgIpc) is 2.01. The Morgan fingerprint density at radius 2 is 2.00 bits per heavy atom. The van der Waals surface area contributed by atoms with Gasteiger partial charge in [0.15, 0.2) is 0 Å². The molecule has 0 aliphatic rings. The van der Waals surface area contributed by atoms with Gasteiger partial charge in [-0.1, -0.05) is 11.6 Å². The number of aliphatic hydroxyl groups excluding tert-OH is 2. The lowest BCUT2D eigenvalue weighted by molar-refractivity contribution is -0.0866. The SMILES string of the molecule is CC(C)=CCC[C@@](C)(O)[C@H](O)CO. The average molecular weight is 188 g/mol. The maximum absolute atomic E-state index is 9.66. The van der Waals surface area contributed by atoms with E-state index in [9.17, 15) is 10.2 Å². The monoisotopic (exact) mass is 188 g/mol. The van der Waals surface area contributed by atoms with Crippen LogP contribution in [0.25, 0.3) is 0 Å². The van der Waals surface area contributed by atoms with Crippen LogP contribution in [0.3, 0.4) is 0 Å². The van der Waals surface area contributed by atoms with E-state index in [1.807, 2.05) is 19.9 Å². The summed E-state index contributed by atoms with van der Waals surface area (Å²) in [5, 5.41) is 27.5. The summed E-state index contributed by atoms with van der Waals surface area (Å²) >= 11 is 0. The van der Waals surface area contributed by atoms with Crippen molar-refractivity contribution in [2.75, 3.05) is 6.61 Å². The van der Waals surface area contributed by atoms with Gasteiger partial charge in [-0.15, -0.1) is 0 Å². The molecule has 78 valence electrons. The minimum atomic E-state index is -1.19. The van der Waals surface area contributed by atoms with Crippen molar-refractivity contribution in [1.29, 1.82) is 0 Å². The smallest absolute Gasteiger partial charge is 0.105 e. The van der Waals surface area contributed by atoms with E-state index >= 15 is 0 Å². The van der Waals surface area contributed by atoms with Crippen molar-refractivity contribution in [3.05, 3.63) is 11.6 Å². The van der Waals surface area contributed by atoms with Gasteiger partial charge in [-0.25, -0.2) is 0 Å². The molecule has 0 unspecified atom stereocenters. The molecule has 13 heavy (non-hydrogen) atoms. The first-order valence-electron chi connectivity index (χ1n) is 4.55. The molecule has 3 heteroatoms. The standard InChI is InChI=1S/C10H20O3/c1-8(2)5-4-6-10(3,13)9(12)7-11/h5,9,11-13H,4,6-7H2,1-3H3/t9-,10-/m1/s1. The molecule has 0 aromatic rings. The summed E-state index contributed by atoms with van der Waals surface area (Å²) in [7, 11) is 0. The van der Waals surface area contributed by atoms with Crippen LogP contribution in [0.1, 0.15) is 33.6 Å². The van der Waals surface area contributed by atoms with Crippen molar-refractivity contribution in [2.45, 2.75) is 45.3 Å². The Kier molecular flexibility index (Phi) is 5.21. The van der Waals surface area contributed by atoms with Gasteiger partial charge in [0.05, 0.1) is 12.2 Å². The number of aliphatic hydroxyl groups is 3. The van der Waals surface area contributed by atoms with Gasteiger partial charge in [-0.2, -0.15) is 0 Å². The Morgan fingerprint density at radius 1 is 1.46 bits per heavy atom. The maximum Gasteiger partial charge on any atom is 0.105 e. The Morgan fingerprint density at radius 3 is 2.38 bits per heavy atom. The third kappa shape index (κ3) is 5.03. The molecule has 0 heterocycles. The molecule has 0 amide bonds. The molecule has 0 saturated heterocycles. The lowest BCUT2D eigenvalue weighted by atomic mass is 9.93. The zero-order valence-electron chi connectivity index (χ0n) is 8.62. The molecule has 0 bridgehead atoms. The van der Waals surface area contributed by atoms with E-state index in [4.69, 9.17) is 5.11 Å². The quantitative estimate of drug-likeness (QED) is 0.560. The van der Waals surface area contributed by atoms with E-state index in [2.05, 4.69) is 0 Å². The van der Waals surface area contributed by atoms with Crippen molar-refractivity contribution in [3.8, 4) is 0 Å². The molecule has 3 nitrogen and oxygen atoms in total. The highest BCUT2D eigenvalue weighted by atomic mass is 16.4. The molecule has 0 aliphatic carbocycles. The fourth-order valence-corrected chi connectivity index (χ4v) is 1.02. The van der Waals surface area contributed by atoms with E-state index in [0.717, 1.165) is 0 Å². The zero-order valence-corrected chi connectivity index (χ0v) is 8.62. The molecule has 0 aliphatic heterocycles. The summed E-state index contributed by atoms with van der Waals surface area (Å²) in [4.78, 5) is 0. The number of rotatable bonds is 5. The van der Waals surface area contributed by atoms with Crippen molar-refractivity contribution in [2.24, 2.45) is 0 Å². The first kappa shape index (κ1) is 12.6. The normalized spacial score (nSPS) is 17.7. The van der Waals surface area contributed by atoms with E-state index < -0.39 is 18.3 Å². The summed E-state index contributed by atoms with van der Waals surface area (Å²) < 4.78 is 0. The van der Waals surface area contributed by atoms with Crippen molar-refractivity contribution < 1.29 is 15.3 Å². The molecule has 0 aromatic carbocycles. The van der Waals surface area contributed by atoms with Gasteiger partial charge in [0, 0.05) is 0 Å². The molecule has 0 fully saturated rings. The molecule has 0 rings (SSSR count). The van der Waals surface area contributed by atoms with Crippen LogP contribution >= 0.6 is 0 Å². The predicted octanol–water partition coefficient (Wildman–Crippen LogP) is 0.837. The van der Waals surface area contributed by atoms with Gasteiger partial charge in [-0.3, -0.25) is 0 Å². The van der Waals surface area contributed by atoms with E-state index in [1.54, 1.807) is 0 Å². The molecule has 3 N–H and O–H groups in total. The first-order chi connectivity index (χ1) is 5.90. The van der Waals surface area contributed by atoms with Gasteiger partial charge < -0.3 is 15.3 Å². The lowest BCUT2D eigenvalue weighted by Gasteiger charge is -2.27. The van der Waals surface area contributed by atoms with Crippen molar-refractivity contribution >= 4 is 0 Å². The first-order valence-corrected chi connectivity index (χ1v) is 4.55. The van der Waals surface area contributed by atoms with E-state index in [-0.39, 0.29) is 0 Å². The highest BCUT2D eigenvalue weighted by molar-refractivity contribution is 4.95. The number of hydrogen-bond donors (Lipinski definition) is 3. The molecule has 0 aromatic heterocycles. The highest BCUT2D eigenvalue weighted by Gasteiger charge is 2.28. The Hall–Kier alpha value is -0.380. The van der Waals surface area contributed by atoms with Gasteiger partial charge in [-0.05, 0) is 33.6 Å². The van der Waals surface area contributed by atoms with Crippen molar-refractivity contribution in [3.63, 3.8) is 0 Å². The maximum atomic E-state index is 9.66. The minimum absolute atomic E-state index is 0.401. The minimum Gasteiger partial charge on any atom is -0.394 e. The Bertz CT molecular complexity index is 169. The largest absolute Gasteiger partial charge is 0.394 e. The third-order valence-corrected chi connectivity index (χ3v) is 2.09. The van der Waals surface area contributed by atoms with Gasteiger partial charge in [0.25, 0.3) is 0 Å². The Labute approximate surface area is 79.7 Å². The molecular weight excluding hydrogens is 168 g/mol. The summed E-state index contributed by atoms with van der Waals surface area (Å²) in [6.07, 6.45) is 2.11. The van der Waals surface area contributed by atoms with Crippen LogP contribution in [0.15, 0.2) is 11.6 Å². The van der Waals surface area contributed by atoms with Gasteiger partial charge >= 0.3 is 0 Å². The second-order valence-electron chi connectivity index (χ2n) is 3.88. The molecular formula is C10H20O3. The summed E-state index contributed by atoms with van der Waals surface area (Å²) in [6.45, 7) is 5.10. The van der Waals surface area contributed by atoms with Crippen LogP contribution in [0.5, 0.6) is 0 Å². The fraction of sp³-hybridized carbons (Fsp3) is 0.800.